The lowest BCUT2D eigenvalue weighted by molar-refractivity contribution is -0.146. The van der Waals surface area contributed by atoms with Crippen molar-refractivity contribution in [1.29, 1.82) is 0 Å². The Hall–Kier alpha value is -1.92. The molecule has 1 aromatic rings. The number of aliphatic carboxylic acids is 1. The maximum atomic E-state index is 11.7. The summed E-state index contributed by atoms with van der Waals surface area (Å²) in [5, 5.41) is 20.5. The van der Waals surface area contributed by atoms with E-state index in [4.69, 9.17) is 10.8 Å². The number of aliphatic hydroxyl groups is 1. The predicted octanol–water partition coefficient (Wildman–Crippen LogP) is -0.534. The summed E-state index contributed by atoms with van der Waals surface area (Å²) >= 11 is 0. The molecule has 0 aliphatic carbocycles. The first-order valence-corrected chi connectivity index (χ1v) is 5.93. The average molecular weight is 266 g/mol. The van der Waals surface area contributed by atoms with Crippen LogP contribution in [0.3, 0.4) is 0 Å². The molecule has 1 atom stereocenters. The Kier molecular flexibility index (Phi) is 5.47. The topological polar surface area (TPSA) is 113 Å². The third-order valence-electron chi connectivity index (χ3n) is 2.98. The van der Waals surface area contributed by atoms with Gasteiger partial charge in [-0.25, -0.2) is 0 Å². The number of amides is 1. The Bertz CT molecular complexity index is 436. The van der Waals surface area contributed by atoms with E-state index < -0.39 is 17.3 Å². The van der Waals surface area contributed by atoms with E-state index in [0.717, 1.165) is 0 Å². The minimum atomic E-state index is -1.44. The summed E-state index contributed by atoms with van der Waals surface area (Å²) < 4.78 is 0. The van der Waals surface area contributed by atoms with Crippen LogP contribution < -0.4 is 11.1 Å². The molecule has 0 fully saturated rings. The summed E-state index contributed by atoms with van der Waals surface area (Å²) in [5.74, 6) is -1.59. The fraction of sp³-hybridized carbons (Fsp3) is 0.385. The van der Waals surface area contributed by atoms with Gasteiger partial charge in [0.2, 0.25) is 5.91 Å². The summed E-state index contributed by atoms with van der Waals surface area (Å²) in [6, 6.07) is 8.45. The van der Waals surface area contributed by atoms with Crippen molar-refractivity contribution in [2.75, 3.05) is 19.7 Å². The molecule has 19 heavy (non-hydrogen) atoms. The van der Waals surface area contributed by atoms with Gasteiger partial charge in [0.1, 0.15) is 5.41 Å². The van der Waals surface area contributed by atoms with Crippen LogP contribution in [0.25, 0.3) is 0 Å². The van der Waals surface area contributed by atoms with Crippen molar-refractivity contribution in [3.05, 3.63) is 35.9 Å². The van der Waals surface area contributed by atoms with Gasteiger partial charge in [-0.3, -0.25) is 9.59 Å². The molecule has 0 aromatic heterocycles. The molecule has 1 aromatic carbocycles. The number of nitrogens with two attached hydrogens (primary N) is 1. The highest BCUT2D eigenvalue weighted by molar-refractivity contribution is 5.89. The number of aliphatic hydroxyl groups excluding tert-OH is 1. The molecular weight excluding hydrogens is 248 g/mol. The van der Waals surface area contributed by atoms with Crippen molar-refractivity contribution in [3.63, 3.8) is 0 Å². The molecular formula is C13H18N2O4. The molecule has 0 bridgehead atoms. The monoisotopic (exact) mass is 266 g/mol. The molecule has 0 heterocycles. The largest absolute Gasteiger partial charge is 0.481 e. The van der Waals surface area contributed by atoms with Crippen LogP contribution in [0.15, 0.2) is 30.3 Å². The zero-order valence-electron chi connectivity index (χ0n) is 10.5. The zero-order chi connectivity index (χ0) is 14.3. The van der Waals surface area contributed by atoms with Crippen LogP contribution in [0.5, 0.6) is 0 Å². The molecule has 6 nitrogen and oxygen atoms in total. The highest BCUT2D eigenvalue weighted by atomic mass is 16.4. The second kappa shape index (κ2) is 6.86. The van der Waals surface area contributed by atoms with Crippen LogP contribution in [0.1, 0.15) is 12.0 Å². The first kappa shape index (κ1) is 15.1. The standard InChI is InChI=1S/C13H18N2O4/c14-9-13(12(18)19,8-11(17)15-6-7-16)10-4-2-1-3-5-10/h1-5,16H,6-9,14H2,(H,15,17)(H,18,19). The molecule has 0 saturated heterocycles. The Morgan fingerprint density at radius 1 is 1.26 bits per heavy atom. The summed E-state index contributed by atoms with van der Waals surface area (Å²) in [5.41, 5.74) is 4.65. The number of hydrogen-bond donors (Lipinski definition) is 4. The van der Waals surface area contributed by atoms with Gasteiger partial charge in [0.15, 0.2) is 0 Å². The fourth-order valence-corrected chi connectivity index (χ4v) is 1.87. The van der Waals surface area contributed by atoms with Crippen LogP contribution in [-0.2, 0) is 15.0 Å². The van der Waals surface area contributed by atoms with Gasteiger partial charge in [0.05, 0.1) is 6.61 Å². The smallest absolute Gasteiger partial charge is 0.315 e. The molecule has 0 aliphatic heterocycles. The van der Waals surface area contributed by atoms with Gasteiger partial charge in [-0.05, 0) is 5.56 Å². The normalized spacial score (nSPS) is 13.6. The molecule has 104 valence electrons. The number of carbonyl (C=O) groups excluding carboxylic acids is 1. The number of carboxylic acid groups (broad SMARTS) is 1. The van der Waals surface area contributed by atoms with Crippen LogP contribution in [0.2, 0.25) is 0 Å². The quantitative estimate of drug-likeness (QED) is 0.530. The van der Waals surface area contributed by atoms with Crippen molar-refractivity contribution in [1.82, 2.24) is 5.32 Å². The highest BCUT2D eigenvalue weighted by Crippen LogP contribution is 2.27. The second-order valence-electron chi connectivity index (χ2n) is 4.21. The Morgan fingerprint density at radius 2 is 1.89 bits per heavy atom. The van der Waals surface area contributed by atoms with E-state index in [9.17, 15) is 14.7 Å². The van der Waals surface area contributed by atoms with Gasteiger partial charge >= 0.3 is 5.97 Å². The number of carboxylic acids is 1. The van der Waals surface area contributed by atoms with Gasteiger partial charge in [-0.15, -0.1) is 0 Å². The summed E-state index contributed by atoms with van der Waals surface area (Å²) in [4.78, 5) is 23.3. The summed E-state index contributed by atoms with van der Waals surface area (Å²) in [7, 11) is 0. The van der Waals surface area contributed by atoms with E-state index in [2.05, 4.69) is 5.32 Å². The Labute approximate surface area is 111 Å². The van der Waals surface area contributed by atoms with Crippen molar-refractivity contribution in [2.24, 2.45) is 5.73 Å². The van der Waals surface area contributed by atoms with Crippen LogP contribution in [0.4, 0.5) is 0 Å². The van der Waals surface area contributed by atoms with E-state index in [0.29, 0.717) is 5.56 Å². The van der Waals surface area contributed by atoms with Crippen molar-refractivity contribution < 1.29 is 19.8 Å². The van der Waals surface area contributed by atoms with Gasteiger partial charge < -0.3 is 21.3 Å². The lowest BCUT2D eigenvalue weighted by Crippen LogP contribution is -2.47. The summed E-state index contributed by atoms with van der Waals surface area (Å²) in [6.07, 6.45) is -0.261. The molecule has 6 heteroatoms. The number of rotatable bonds is 7. The van der Waals surface area contributed by atoms with Crippen molar-refractivity contribution >= 4 is 11.9 Å². The van der Waals surface area contributed by atoms with Crippen LogP contribution >= 0.6 is 0 Å². The fourth-order valence-electron chi connectivity index (χ4n) is 1.87. The molecule has 1 rings (SSSR count). The maximum absolute atomic E-state index is 11.7. The van der Waals surface area contributed by atoms with E-state index in [1.165, 1.54) is 0 Å². The Morgan fingerprint density at radius 3 is 2.37 bits per heavy atom. The third-order valence-corrected chi connectivity index (χ3v) is 2.98. The first-order valence-electron chi connectivity index (χ1n) is 5.93. The van der Waals surface area contributed by atoms with Crippen molar-refractivity contribution in [2.45, 2.75) is 11.8 Å². The first-order chi connectivity index (χ1) is 9.06. The molecule has 0 radical (unpaired) electrons. The van der Waals surface area contributed by atoms with Gasteiger partial charge in [0.25, 0.3) is 0 Å². The second-order valence-corrected chi connectivity index (χ2v) is 4.21. The number of benzene rings is 1. The molecule has 0 spiro atoms. The minimum Gasteiger partial charge on any atom is -0.481 e. The van der Waals surface area contributed by atoms with Gasteiger partial charge in [-0.1, -0.05) is 30.3 Å². The van der Waals surface area contributed by atoms with Crippen molar-refractivity contribution in [3.8, 4) is 0 Å². The molecule has 1 amide bonds. The summed E-state index contributed by atoms with van der Waals surface area (Å²) in [6.45, 7) is -0.285. The van der Waals surface area contributed by atoms with E-state index in [-0.39, 0.29) is 26.1 Å². The molecule has 0 saturated carbocycles. The lowest BCUT2D eigenvalue weighted by atomic mass is 9.77. The predicted molar refractivity (Wildman–Crippen MR) is 69.5 cm³/mol. The zero-order valence-corrected chi connectivity index (χ0v) is 10.5. The lowest BCUT2D eigenvalue weighted by Gasteiger charge is -2.27. The van der Waals surface area contributed by atoms with E-state index in [1.54, 1.807) is 30.3 Å². The highest BCUT2D eigenvalue weighted by Gasteiger charge is 2.41. The number of hydrogen-bond acceptors (Lipinski definition) is 4. The maximum Gasteiger partial charge on any atom is 0.315 e. The number of carbonyl (C=O) groups is 2. The minimum absolute atomic E-state index is 0.0912. The Balaban J connectivity index is 3.01. The van der Waals surface area contributed by atoms with Gasteiger partial charge in [-0.2, -0.15) is 0 Å². The SMILES string of the molecule is NCC(CC(=O)NCCO)(C(=O)O)c1ccccc1. The molecule has 1 unspecified atom stereocenters. The van der Waals surface area contributed by atoms with Crippen LogP contribution in [-0.4, -0.2) is 41.8 Å². The van der Waals surface area contributed by atoms with E-state index >= 15 is 0 Å². The molecule has 0 aliphatic rings. The average Bonchev–Trinajstić information content (AvgIpc) is 2.43. The number of nitrogens with one attached hydrogen (secondary N) is 1. The van der Waals surface area contributed by atoms with Crippen LogP contribution in [0, 0.1) is 0 Å². The molecule has 5 N–H and O–H groups in total. The van der Waals surface area contributed by atoms with Gasteiger partial charge in [0, 0.05) is 19.5 Å². The third kappa shape index (κ3) is 3.52. The van der Waals surface area contributed by atoms with E-state index in [1.807, 2.05) is 0 Å².